The third-order valence-corrected chi connectivity index (χ3v) is 1.32. The van der Waals surface area contributed by atoms with Gasteiger partial charge in [0, 0.05) is 5.57 Å². The molecule has 1 amide bonds. The van der Waals surface area contributed by atoms with Crippen molar-refractivity contribution in [2.24, 2.45) is 0 Å². The minimum atomic E-state index is -4.57. The average molecular weight is 255 g/mol. The number of amides is 1. The van der Waals surface area contributed by atoms with E-state index in [9.17, 15) is 22.8 Å². The molecule has 0 rings (SSSR count). The average Bonchev–Trinajstić information content (AvgIpc) is 2.20. The van der Waals surface area contributed by atoms with Gasteiger partial charge in [0.2, 0.25) is 0 Å². The highest BCUT2D eigenvalue weighted by Gasteiger charge is 2.29. The minimum absolute atomic E-state index is 0.143. The maximum absolute atomic E-state index is 11.6. The first-order chi connectivity index (χ1) is 7.72. The summed E-state index contributed by atoms with van der Waals surface area (Å²) in [5, 5.41) is 1.98. The normalized spacial score (nSPS) is 10.6. The van der Waals surface area contributed by atoms with Crippen LogP contribution >= 0.6 is 0 Å². The lowest BCUT2D eigenvalue weighted by Gasteiger charge is -2.09. The van der Waals surface area contributed by atoms with Crippen molar-refractivity contribution in [3.05, 3.63) is 12.2 Å². The van der Waals surface area contributed by atoms with E-state index >= 15 is 0 Å². The lowest BCUT2D eigenvalue weighted by Crippen LogP contribution is -2.31. The summed E-state index contributed by atoms with van der Waals surface area (Å²) in [7, 11) is 0. The van der Waals surface area contributed by atoms with Crippen molar-refractivity contribution in [3.63, 3.8) is 0 Å². The van der Waals surface area contributed by atoms with Gasteiger partial charge in [0.15, 0.2) is 6.61 Å². The van der Waals surface area contributed by atoms with Gasteiger partial charge in [-0.2, -0.15) is 13.2 Å². The van der Waals surface area contributed by atoms with E-state index in [0.29, 0.717) is 0 Å². The zero-order chi connectivity index (χ0) is 13.5. The molecule has 0 heterocycles. The molecule has 5 nitrogen and oxygen atoms in total. The van der Waals surface area contributed by atoms with E-state index in [1.165, 1.54) is 6.92 Å². The van der Waals surface area contributed by atoms with Gasteiger partial charge in [0.05, 0.1) is 6.54 Å². The number of alkyl carbamates (subject to hydrolysis) is 1. The topological polar surface area (TPSA) is 64.6 Å². The maximum atomic E-state index is 11.6. The molecule has 0 saturated heterocycles. The second-order valence-electron chi connectivity index (χ2n) is 3.03. The highest BCUT2D eigenvalue weighted by molar-refractivity contribution is 5.86. The highest BCUT2D eigenvalue weighted by atomic mass is 19.4. The summed E-state index contributed by atoms with van der Waals surface area (Å²) in [5.74, 6) is -0.643. The predicted molar refractivity (Wildman–Crippen MR) is 51.2 cm³/mol. The summed E-state index contributed by atoms with van der Waals surface area (Å²) in [6.45, 7) is 2.77. The fourth-order valence-electron chi connectivity index (χ4n) is 0.618. The largest absolute Gasteiger partial charge is 0.460 e. The second kappa shape index (κ2) is 6.77. The SMILES string of the molecule is C=C(C)C(=O)OCCNC(=O)OCC(F)(F)F. The Labute approximate surface area is 95.6 Å². The number of carbonyl (C=O) groups excluding carboxylic acids is 2. The van der Waals surface area contributed by atoms with Crippen LogP contribution in [-0.2, 0) is 14.3 Å². The van der Waals surface area contributed by atoms with Crippen LogP contribution in [0.2, 0.25) is 0 Å². The van der Waals surface area contributed by atoms with E-state index in [1.54, 1.807) is 0 Å². The molecule has 0 aliphatic heterocycles. The van der Waals surface area contributed by atoms with Crippen LogP contribution in [0.25, 0.3) is 0 Å². The molecule has 1 N–H and O–H groups in total. The number of rotatable bonds is 5. The Balaban J connectivity index is 3.59. The van der Waals surface area contributed by atoms with Crippen molar-refractivity contribution in [2.45, 2.75) is 13.1 Å². The molecule has 17 heavy (non-hydrogen) atoms. The molecule has 0 atom stereocenters. The highest BCUT2D eigenvalue weighted by Crippen LogP contribution is 2.14. The molecule has 0 aromatic carbocycles. The molecule has 0 aromatic rings. The molecule has 0 fully saturated rings. The maximum Gasteiger partial charge on any atom is 0.422 e. The summed E-state index contributed by atoms with van der Waals surface area (Å²) in [6.07, 6.45) is -5.79. The monoisotopic (exact) mass is 255 g/mol. The Morgan fingerprint density at radius 3 is 2.35 bits per heavy atom. The van der Waals surface area contributed by atoms with E-state index in [2.05, 4.69) is 16.1 Å². The standard InChI is InChI=1S/C9H12F3NO4/c1-6(2)7(14)16-4-3-13-8(15)17-5-9(10,11)12/h1,3-5H2,2H3,(H,13,15). The third-order valence-electron chi connectivity index (χ3n) is 1.32. The zero-order valence-corrected chi connectivity index (χ0v) is 9.10. The minimum Gasteiger partial charge on any atom is -0.460 e. The van der Waals surface area contributed by atoms with Crippen molar-refractivity contribution < 1.29 is 32.2 Å². The molecule has 0 aliphatic carbocycles. The zero-order valence-electron chi connectivity index (χ0n) is 9.10. The van der Waals surface area contributed by atoms with Crippen LogP contribution in [0.3, 0.4) is 0 Å². The molecule has 0 aliphatic rings. The van der Waals surface area contributed by atoms with Crippen LogP contribution in [0.5, 0.6) is 0 Å². The molecule has 8 heteroatoms. The molecule has 0 aromatic heterocycles. The first-order valence-corrected chi connectivity index (χ1v) is 4.52. The van der Waals surface area contributed by atoms with Gasteiger partial charge in [-0.25, -0.2) is 9.59 Å². The van der Waals surface area contributed by atoms with E-state index in [0.717, 1.165) is 0 Å². The van der Waals surface area contributed by atoms with Crippen molar-refractivity contribution >= 4 is 12.1 Å². The summed E-state index contributed by atoms with van der Waals surface area (Å²) < 4.78 is 43.2. The number of carbonyl (C=O) groups is 2. The Kier molecular flexibility index (Phi) is 6.08. The Morgan fingerprint density at radius 1 is 1.29 bits per heavy atom. The molecule has 0 spiro atoms. The number of hydrogen-bond donors (Lipinski definition) is 1. The van der Waals surface area contributed by atoms with Gasteiger partial charge in [-0.1, -0.05) is 6.58 Å². The van der Waals surface area contributed by atoms with Crippen LogP contribution in [0, 0.1) is 0 Å². The number of alkyl halides is 3. The van der Waals surface area contributed by atoms with Crippen molar-refractivity contribution in [3.8, 4) is 0 Å². The third kappa shape index (κ3) is 9.21. The van der Waals surface area contributed by atoms with Gasteiger partial charge in [-0.15, -0.1) is 0 Å². The van der Waals surface area contributed by atoms with Gasteiger partial charge >= 0.3 is 18.2 Å². The fourth-order valence-corrected chi connectivity index (χ4v) is 0.618. The van der Waals surface area contributed by atoms with E-state index in [1.807, 2.05) is 5.32 Å². The molecular formula is C9H12F3NO4. The van der Waals surface area contributed by atoms with E-state index < -0.39 is 24.8 Å². The van der Waals surface area contributed by atoms with Crippen LogP contribution < -0.4 is 5.32 Å². The number of nitrogens with one attached hydrogen (secondary N) is 1. The summed E-state index contributed by atoms with van der Waals surface area (Å²) >= 11 is 0. The fraction of sp³-hybridized carbons (Fsp3) is 0.556. The molecule has 0 radical (unpaired) electrons. The number of hydrogen-bond acceptors (Lipinski definition) is 4. The number of esters is 1. The predicted octanol–water partition coefficient (Wildman–Crippen LogP) is 1.39. The van der Waals surface area contributed by atoms with Crippen LogP contribution in [0.4, 0.5) is 18.0 Å². The van der Waals surface area contributed by atoms with Gasteiger partial charge in [-0.3, -0.25) is 0 Å². The first kappa shape index (κ1) is 15.3. The van der Waals surface area contributed by atoms with Gasteiger partial charge < -0.3 is 14.8 Å². The Morgan fingerprint density at radius 2 is 1.88 bits per heavy atom. The smallest absolute Gasteiger partial charge is 0.422 e. The lowest BCUT2D eigenvalue weighted by molar-refractivity contribution is -0.160. The molecule has 0 unspecified atom stereocenters. The Hall–Kier alpha value is -1.73. The Bertz CT molecular complexity index is 301. The molecule has 0 saturated carbocycles. The van der Waals surface area contributed by atoms with Crippen molar-refractivity contribution in [1.82, 2.24) is 5.32 Å². The molecule has 0 bridgehead atoms. The second-order valence-corrected chi connectivity index (χ2v) is 3.03. The molecule has 98 valence electrons. The first-order valence-electron chi connectivity index (χ1n) is 4.52. The van der Waals surface area contributed by atoms with Crippen LogP contribution in [-0.4, -0.2) is 38.0 Å². The summed E-state index contributed by atoms with van der Waals surface area (Å²) in [4.78, 5) is 21.5. The van der Waals surface area contributed by atoms with E-state index in [4.69, 9.17) is 0 Å². The lowest BCUT2D eigenvalue weighted by atomic mass is 10.4. The van der Waals surface area contributed by atoms with Crippen molar-refractivity contribution in [2.75, 3.05) is 19.8 Å². The molecular weight excluding hydrogens is 243 g/mol. The van der Waals surface area contributed by atoms with E-state index in [-0.39, 0.29) is 18.7 Å². The number of halogens is 3. The van der Waals surface area contributed by atoms with Crippen LogP contribution in [0.15, 0.2) is 12.2 Å². The van der Waals surface area contributed by atoms with Gasteiger partial charge in [0.1, 0.15) is 6.61 Å². The quantitative estimate of drug-likeness (QED) is 0.458. The summed E-state index contributed by atoms with van der Waals surface area (Å²) in [5.41, 5.74) is 0.185. The van der Waals surface area contributed by atoms with Gasteiger partial charge in [-0.05, 0) is 6.92 Å². The van der Waals surface area contributed by atoms with Crippen LogP contribution in [0.1, 0.15) is 6.92 Å². The van der Waals surface area contributed by atoms with Gasteiger partial charge in [0.25, 0.3) is 0 Å². The van der Waals surface area contributed by atoms with Crippen molar-refractivity contribution in [1.29, 1.82) is 0 Å². The number of ether oxygens (including phenoxy) is 2. The summed E-state index contributed by atoms with van der Waals surface area (Å²) in [6, 6.07) is 0.